The van der Waals surface area contributed by atoms with Gasteiger partial charge >= 0.3 is 5.97 Å². The maximum atomic E-state index is 12.2. The van der Waals surface area contributed by atoms with E-state index < -0.39 is 11.9 Å². The molecule has 2 aromatic rings. The third-order valence-electron chi connectivity index (χ3n) is 3.55. The molecule has 2 atom stereocenters. The van der Waals surface area contributed by atoms with Gasteiger partial charge in [0, 0.05) is 10.6 Å². The molecule has 0 aliphatic carbocycles. The molecule has 1 heterocycles. The van der Waals surface area contributed by atoms with Gasteiger partial charge in [0.2, 0.25) is 5.91 Å². The molecule has 1 aromatic carbocycles. The summed E-state index contributed by atoms with van der Waals surface area (Å²) in [5.74, 6) is -1.46. The van der Waals surface area contributed by atoms with Crippen molar-refractivity contribution in [2.24, 2.45) is 5.92 Å². The fourth-order valence-corrected chi connectivity index (χ4v) is 2.86. The van der Waals surface area contributed by atoms with Gasteiger partial charge in [0.1, 0.15) is 0 Å². The molecule has 0 spiro atoms. The van der Waals surface area contributed by atoms with Gasteiger partial charge in [-0.05, 0) is 42.5 Å². The Morgan fingerprint density at radius 2 is 1.86 bits per heavy atom. The van der Waals surface area contributed by atoms with Crippen LogP contribution >= 0.6 is 11.3 Å². The van der Waals surface area contributed by atoms with E-state index in [-0.39, 0.29) is 11.8 Å². The summed E-state index contributed by atoms with van der Waals surface area (Å²) in [6.07, 6.45) is 0.481. The van der Waals surface area contributed by atoms with Crippen LogP contribution in [0.3, 0.4) is 0 Å². The van der Waals surface area contributed by atoms with Crippen LogP contribution in [0, 0.1) is 5.92 Å². The predicted octanol–water partition coefficient (Wildman–Crippen LogP) is 3.75. The van der Waals surface area contributed by atoms with Crippen molar-refractivity contribution in [2.75, 3.05) is 5.32 Å². The Balaban J connectivity index is 1.96. The molecule has 5 heteroatoms. The van der Waals surface area contributed by atoms with Crippen LogP contribution in [0.15, 0.2) is 41.8 Å². The van der Waals surface area contributed by atoms with Crippen molar-refractivity contribution >= 4 is 28.9 Å². The van der Waals surface area contributed by atoms with Crippen LogP contribution in [-0.2, 0) is 16.0 Å². The molecule has 4 nitrogen and oxygen atoms in total. The lowest BCUT2D eigenvalue weighted by Gasteiger charge is -2.11. The smallest absolute Gasteiger partial charge is 0.306 e. The van der Waals surface area contributed by atoms with Gasteiger partial charge in [-0.15, -0.1) is 11.3 Å². The van der Waals surface area contributed by atoms with Crippen molar-refractivity contribution < 1.29 is 14.7 Å². The Bertz CT molecular complexity index is 634. The first kappa shape index (κ1) is 16.2. The van der Waals surface area contributed by atoms with Crippen LogP contribution in [-0.4, -0.2) is 17.0 Å². The third kappa shape index (κ3) is 4.18. The number of anilines is 1. The highest BCUT2D eigenvalue weighted by molar-refractivity contribution is 7.10. The molecule has 0 saturated carbocycles. The normalized spacial score (nSPS) is 13.4. The van der Waals surface area contributed by atoms with E-state index in [2.05, 4.69) is 5.32 Å². The van der Waals surface area contributed by atoms with E-state index in [0.29, 0.717) is 6.42 Å². The Morgan fingerprint density at radius 1 is 1.18 bits per heavy atom. The second-order valence-electron chi connectivity index (χ2n) is 5.37. The molecular formula is C17H19NO3S. The van der Waals surface area contributed by atoms with Crippen molar-refractivity contribution in [3.8, 4) is 0 Å². The van der Waals surface area contributed by atoms with Crippen molar-refractivity contribution in [2.45, 2.75) is 26.2 Å². The molecule has 0 aliphatic rings. The van der Waals surface area contributed by atoms with Crippen molar-refractivity contribution in [3.63, 3.8) is 0 Å². The summed E-state index contributed by atoms with van der Waals surface area (Å²) in [6.45, 7) is 3.56. The van der Waals surface area contributed by atoms with Gasteiger partial charge < -0.3 is 10.4 Å². The summed E-state index contributed by atoms with van der Waals surface area (Å²) in [5, 5.41) is 13.8. The quantitative estimate of drug-likeness (QED) is 0.852. The lowest BCUT2D eigenvalue weighted by Crippen LogP contribution is -2.18. The molecule has 0 aliphatic heterocycles. The molecule has 1 aromatic heterocycles. The molecule has 2 N–H and O–H groups in total. The minimum Gasteiger partial charge on any atom is -0.481 e. The van der Waals surface area contributed by atoms with Gasteiger partial charge in [-0.2, -0.15) is 0 Å². The highest BCUT2D eigenvalue weighted by Gasteiger charge is 2.16. The average Bonchev–Trinajstić information content (AvgIpc) is 3.02. The fourth-order valence-electron chi connectivity index (χ4n) is 2.08. The molecular weight excluding hydrogens is 298 g/mol. The standard InChI is InChI=1S/C17H19NO3S/c1-11(17(20)21)10-13-5-7-14(8-6-13)18-16(19)12(2)15-4-3-9-22-15/h3-9,11-12H,10H2,1-2H3,(H,18,19)(H,20,21). The lowest BCUT2D eigenvalue weighted by atomic mass is 10.0. The fraction of sp³-hybridized carbons (Fsp3) is 0.294. The number of carboxylic acids is 1. The van der Waals surface area contributed by atoms with Gasteiger partial charge in [0.15, 0.2) is 0 Å². The average molecular weight is 317 g/mol. The molecule has 0 saturated heterocycles. The molecule has 2 rings (SSSR count). The number of benzene rings is 1. The Morgan fingerprint density at radius 3 is 2.41 bits per heavy atom. The summed E-state index contributed by atoms with van der Waals surface area (Å²) in [6, 6.07) is 11.2. The number of carbonyl (C=O) groups is 2. The number of rotatable bonds is 6. The van der Waals surface area contributed by atoms with Crippen LogP contribution < -0.4 is 5.32 Å². The molecule has 1 amide bonds. The van der Waals surface area contributed by atoms with Gasteiger partial charge in [-0.3, -0.25) is 9.59 Å². The van der Waals surface area contributed by atoms with Crippen molar-refractivity contribution in [1.29, 1.82) is 0 Å². The van der Waals surface area contributed by atoms with E-state index in [1.165, 1.54) is 0 Å². The molecule has 116 valence electrons. The molecule has 22 heavy (non-hydrogen) atoms. The third-order valence-corrected chi connectivity index (χ3v) is 4.60. The molecule has 0 fully saturated rings. The molecule has 0 radical (unpaired) electrons. The van der Waals surface area contributed by atoms with E-state index in [1.54, 1.807) is 18.3 Å². The number of aliphatic carboxylic acids is 1. The summed E-state index contributed by atoms with van der Waals surface area (Å²) in [7, 11) is 0. The minimum atomic E-state index is -0.804. The maximum Gasteiger partial charge on any atom is 0.306 e. The number of hydrogen-bond donors (Lipinski definition) is 2. The van der Waals surface area contributed by atoms with Gasteiger partial charge in [0.25, 0.3) is 0 Å². The van der Waals surface area contributed by atoms with Gasteiger partial charge in [-0.25, -0.2) is 0 Å². The number of carbonyl (C=O) groups excluding carboxylic acids is 1. The van der Waals surface area contributed by atoms with Crippen LogP contribution in [0.4, 0.5) is 5.69 Å². The Labute approximate surface area is 133 Å². The predicted molar refractivity (Wildman–Crippen MR) is 88.3 cm³/mol. The molecule has 0 bridgehead atoms. The largest absolute Gasteiger partial charge is 0.481 e. The Hall–Kier alpha value is -2.14. The highest BCUT2D eigenvalue weighted by atomic mass is 32.1. The zero-order valence-electron chi connectivity index (χ0n) is 12.6. The van der Waals surface area contributed by atoms with E-state index >= 15 is 0 Å². The van der Waals surface area contributed by atoms with Crippen molar-refractivity contribution in [1.82, 2.24) is 0 Å². The van der Waals surface area contributed by atoms with E-state index in [1.807, 2.05) is 48.7 Å². The number of nitrogens with one attached hydrogen (secondary N) is 1. The van der Waals surface area contributed by atoms with Gasteiger partial charge in [0.05, 0.1) is 11.8 Å². The number of carboxylic acid groups (broad SMARTS) is 1. The zero-order valence-corrected chi connectivity index (χ0v) is 13.4. The molecule has 2 unspecified atom stereocenters. The monoisotopic (exact) mass is 317 g/mol. The topological polar surface area (TPSA) is 66.4 Å². The number of hydrogen-bond acceptors (Lipinski definition) is 3. The first-order valence-electron chi connectivity index (χ1n) is 7.13. The zero-order chi connectivity index (χ0) is 16.1. The van der Waals surface area contributed by atoms with E-state index in [0.717, 1.165) is 16.1 Å². The van der Waals surface area contributed by atoms with Crippen LogP contribution in [0.2, 0.25) is 0 Å². The minimum absolute atomic E-state index is 0.0471. The highest BCUT2D eigenvalue weighted by Crippen LogP contribution is 2.22. The summed E-state index contributed by atoms with van der Waals surface area (Å²) < 4.78 is 0. The van der Waals surface area contributed by atoms with Crippen LogP contribution in [0.1, 0.15) is 30.2 Å². The SMILES string of the molecule is CC(Cc1ccc(NC(=O)C(C)c2cccs2)cc1)C(=O)O. The first-order valence-corrected chi connectivity index (χ1v) is 8.01. The summed E-state index contributed by atoms with van der Waals surface area (Å²) in [5.41, 5.74) is 1.67. The summed E-state index contributed by atoms with van der Waals surface area (Å²) in [4.78, 5) is 24.1. The number of thiophene rings is 1. The Kier molecular flexibility index (Phi) is 5.33. The van der Waals surface area contributed by atoms with E-state index in [4.69, 9.17) is 5.11 Å². The maximum absolute atomic E-state index is 12.2. The van der Waals surface area contributed by atoms with E-state index in [9.17, 15) is 9.59 Å². The lowest BCUT2D eigenvalue weighted by molar-refractivity contribution is -0.141. The second-order valence-corrected chi connectivity index (χ2v) is 6.35. The first-order chi connectivity index (χ1) is 10.5. The number of amides is 1. The van der Waals surface area contributed by atoms with Gasteiger partial charge in [-0.1, -0.05) is 25.1 Å². The van der Waals surface area contributed by atoms with Crippen molar-refractivity contribution in [3.05, 3.63) is 52.2 Å². The van der Waals surface area contributed by atoms with Crippen LogP contribution in [0.25, 0.3) is 0 Å². The summed E-state index contributed by atoms with van der Waals surface area (Å²) >= 11 is 1.57. The van der Waals surface area contributed by atoms with Crippen LogP contribution in [0.5, 0.6) is 0 Å². The second kappa shape index (κ2) is 7.22.